The number of rotatable bonds is 7. The van der Waals surface area contributed by atoms with Crippen molar-refractivity contribution in [3.05, 3.63) is 12.1 Å². The molecule has 0 amide bonds. The van der Waals surface area contributed by atoms with Crippen LogP contribution in [0.25, 0.3) is 0 Å². The largest absolute Gasteiger partial charge is 0.493 e. The number of hydrogen-bond acceptors (Lipinski definition) is 5. The van der Waals surface area contributed by atoms with Gasteiger partial charge in [0.05, 0.1) is 21.3 Å². The van der Waals surface area contributed by atoms with E-state index in [2.05, 4.69) is 19.2 Å². The smallest absolute Gasteiger partial charge is 0.203 e. The van der Waals surface area contributed by atoms with Gasteiger partial charge in [0, 0.05) is 30.4 Å². The predicted octanol–water partition coefficient (Wildman–Crippen LogP) is 2.11. The zero-order chi connectivity index (χ0) is 14.4. The van der Waals surface area contributed by atoms with Crippen molar-refractivity contribution in [2.75, 3.05) is 33.2 Å². The number of hydrogen-bond donors (Lipinski definition) is 2. The molecule has 0 aliphatic carbocycles. The first-order chi connectivity index (χ1) is 9.07. The second-order valence-electron chi connectivity index (χ2n) is 4.64. The Hall–Kier alpha value is -1.62. The highest BCUT2D eigenvalue weighted by Gasteiger charge is 2.16. The van der Waals surface area contributed by atoms with E-state index in [1.807, 2.05) is 12.1 Å². The lowest BCUT2D eigenvalue weighted by molar-refractivity contribution is 0.324. The first-order valence-electron chi connectivity index (χ1n) is 6.34. The van der Waals surface area contributed by atoms with E-state index >= 15 is 0 Å². The van der Waals surface area contributed by atoms with Crippen LogP contribution in [-0.2, 0) is 0 Å². The molecule has 0 saturated heterocycles. The normalized spacial score (nSPS) is 12.2. The van der Waals surface area contributed by atoms with Crippen LogP contribution in [0.1, 0.15) is 13.8 Å². The third kappa shape index (κ3) is 3.67. The van der Waals surface area contributed by atoms with Gasteiger partial charge < -0.3 is 25.3 Å². The highest BCUT2D eigenvalue weighted by molar-refractivity contribution is 5.62. The minimum absolute atomic E-state index is 0.197. The Morgan fingerprint density at radius 2 is 1.58 bits per heavy atom. The van der Waals surface area contributed by atoms with Crippen molar-refractivity contribution in [3.8, 4) is 17.2 Å². The summed E-state index contributed by atoms with van der Waals surface area (Å²) in [7, 11) is 4.79. The topological polar surface area (TPSA) is 65.7 Å². The summed E-state index contributed by atoms with van der Waals surface area (Å²) >= 11 is 0. The Balaban J connectivity index is 3.08. The highest BCUT2D eigenvalue weighted by Crippen LogP contribution is 2.40. The van der Waals surface area contributed by atoms with Crippen LogP contribution in [0, 0.1) is 5.92 Å². The summed E-state index contributed by atoms with van der Waals surface area (Å²) in [5.41, 5.74) is 6.67. The van der Waals surface area contributed by atoms with Crippen LogP contribution >= 0.6 is 0 Å². The molecule has 0 spiro atoms. The molecule has 1 rings (SSSR count). The maximum absolute atomic E-state index is 5.77. The lowest BCUT2D eigenvalue weighted by Crippen LogP contribution is -2.33. The van der Waals surface area contributed by atoms with E-state index in [4.69, 9.17) is 19.9 Å². The van der Waals surface area contributed by atoms with E-state index in [0.29, 0.717) is 29.7 Å². The van der Waals surface area contributed by atoms with E-state index in [0.717, 1.165) is 5.69 Å². The van der Waals surface area contributed by atoms with Gasteiger partial charge in [0.2, 0.25) is 5.75 Å². The lowest BCUT2D eigenvalue weighted by Gasteiger charge is -2.23. The number of benzene rings is 1. The summed E-state index contributed by atoms with van der Waals surface area (Å²) in [6, 6.07) is 3.96. The van der Waals surface area contributed by atoms with Crippen molar-refractivity contribution >= 4 is 5.69 Å². The molecule has 0 aromatic heterocycles. The molecule has 1 unspecified atom stereocenters. The minimum Gasteiger partial charge on any atom is -0.493 e. The zero-order valence-electron chi connectivity index (χ0n) is 12.3. The van der Waals surface area contributed by atoms with E-state index < -0.39 is 0 Å². The number of methoxy groups -OCH3 is 3. The van der Waals surface area contributed by atoms with Crippen molar-refractivity contribution in [1.29, 1.82) is 0 Å². The van der Waals surface area contributed by atoms with Crippen LogP contribution in [-0.4, -0.2) is 33.9 Å². The summed E-state index contributed by atoms with van der Waals surface area (Å²) < 4.78 is 15.9. The molecule has 3 N–H and O–H groups in total. The molecular formula is C14H24N2O3. The molecule has 5 nitrogen and oxygen atoms in total. The maximum atomic E-state index is 5.77. The first kappa shape index (κ1) is 15.4. The summed E-state index contributed by atoms with van der Waals surface area (Å²) in [5, 5.41) is 3.39. The molecule has 0 aliphatic heterocycles. The fraction of sp³-hybridized carbons (Fsp3) is 0.571. The third-order valence-electron chi connectivity index (χ3n) is 3.08. The SMILES string of the molecule is COc1cc(NC(CN)C(C)C)cc(OC)c1OC. The molecule has 5 heteroatoms. The van der Waals surface area contributed by atoms with Gasteiger partial charge in [-0.1, -0.05) is 13.8 Å². The van der Waals surface area contributed by atoms with Gasteiger partial charge in [-0.05, 0) is 5.92 Å². The number of ether oxygens (including phenoxy) is 3. The van der Waals surface area contributed by atoms with Gasteiger partial charge in [0.25, 0.3) is 0 Å². The second kappa shape index (κ2) is 7.09. The van der Waals surface area contributed by atoms with E-state index in [-0.39, 0.29) is 6.04 Å². The van der Waals surface area contributed by atoms with Crippen molar-refractivity contribution in [2.45, 2.75) is 19.9 Å². The van der Waals surface area contributed by atoms with Crippen molar-refractivity contribution in [1.82, 2.24) is 0 Å². The monoisotopic (exact) mass is 268 g/mol. The van der Waals surface area contributed by atoms with Crippen molar-refractivity contribution in [3.63, 3.8) is 0 Å². The summed E-state index contributed by atoms with van der Waals surface area (Å²) in [6.45, 7) is 4.82. The average Bonchev–Trinajstić information content (AvgIpc) is 2.42. The Morgan fingerprint density at radius 3 is 1.89 bits per heavy atom. The van der Waals surface area contributed by atoms with Gasteiger partial charge in [-0.25, -0.2) is 0 Å². The van der Waals surface area contributed by atoms with Gasteiger partial charge in [-0.15, -0.1) is 0 Å². The molecule has 0 fully saturated rings. The molecule has 108 valence electrons. The number of nitrogens with one attached hydrogen (secondary N) is 1. The van der Waals surface area contributed by atoms with Gasteiger partial charge >= 0.3 is 0 Å². The Labute approximate surface area is 115 Å². The van der Waals surface area contributed by atoms with E-state index in [9.17, 15) is 0 Å². The van der Waals surface area contributed by atoms with Crippen molar-refractivity contribution < 1.29 is 14.2 Å². The van der Waals surface area contributed by atoms with Gasteiger partial charge in [-0.3, -0.25) is 0 Å². The van der Waals surface area contributed by atoms with Crippen LogP contribution in [0.3, 0.4) is 0 Å². The molecule has 0 bridgehead atoms. The van der Waals surface area contributed by atoms with Crippen LogP contribution < -0.4 is 25.3 Å². The molecule has 1 atom stereocenters. The fourth-order valence-corrected chi connectivity index (χ4v) is 1.88. The molecule has 19 heavy (non-hydrogen) atoms. The molecule has 0 saturated carbocycles. The van der Waals surface area contributed by atoms with Crippen LogP contribution in [0.2, 0.25) is 0 Å². The fourth-order valence-electron chi connectivity index (χ4n) is 1.88. The first-order valence-corrected chi connectivity index (χ1v) is 6.34. The van der Waals surface area contributed by atoms with Gasteiger partial charge in [-0.2, -0.15) is 0 Å². The zero-order valence-corrected chi connectivity index (χ0v) is 12.3. The van der Waals surface area contributed by atoms with Crippen LogP contribution in [0.5, 0.6) is 17.2 Å². The standard InChI is InChI=1S/C14H24N2O3/c1-9(2)11(8-15)16-10-6-12(17-3)14(19-5)13(7-10)18-4/h6-7,9,11,16H,8,15H2,1-5H3. The van der Waals surface area contributed by atoms with Gasteiger partial charge in [0.1, 0.15) is 0 Å². The Bertz CT molecular complexity index is 383. The lowest BCUT2D eigenvalue weighted by atomic mass is 10.0. The van der Waals surface area contributed by atoms with Gasteiger partial charge in [0.15, 0.2) is 11.5 Å². The number of nitrogens with two attached hydrogens (primary N) is 1. The summed E-state index contributed by atoms with van der Waals surface area (Å²) in [6.07, 6.45) is 0. The molecule has 1 aromatic rings. The second-order valence-corrected chi connectivity index (χ2v) is 4.64. The molecule has 0 heterocycles. The highest BCUT2D eigenvalue weighted by atomic mass is 16.5. The number of anilines is 1. The maximum Gasteiger partial charge on any atom is 0.203 e. The summed E-state index contributed by atoms with van der Waals surface area (Å²) in [4.78, 5) is 0. The van der Waals surface area contributed by atoms with Crippen LogP contribution in [0.15, 0.2) is 12.1 Å². The third-order valence-corrected chi connectivity index (χ3v) is 3.08. The van der Waals surface area contributed by atoms with Crippen LogP contribution in [0.4, 0.5) is 5.69 Å². The minimum atomic E-state index is 0.197. The average molecular weight is 268 g/mol. The van der Waals surface area contributed by atoms with E-state index in [1.165, 1.54) is 0 Å². The Morgan fingerprint density at radius 1 is 1.05 bits per heavy atom. The predicted molar refractivity (Wildman–Crippen MR) is 77.4 cm³/mol. The quantitative estimate of drug-likeness (QED) is 0.793. The summed E-state index contributed by atoms with van der Waals surface area (Å²) in [5.74, 6) is 2.28. The molecule has 0 aliphatic rings. The molecule has 1 aromatic carbocycles. The Kier molecular flexibility index (Phi) is 5.76. The van der Waals surface area contributed by atoms with E-state index in [1.54, 1.807) is 21.3 Å². The molecule has 0 radical (unpaired) electrons. The molecular weight excluding hydrogens is 244 g/mol. The van der Waals surface area contributed by atoms with Crippen molar-refractivity contribution in [2.24, 2.45) is 11.7 Å².